The maximum Gasteiger partial charge on any atom is 0.0981 e. The SMILES string of the molecule is C#CCCCNCc1cnc(C(C)(C)C)s1. The summed E-state index contributed by atoms with van der Waals surface area (Å²) in [6.07, 6.45) is 9.05. The molecule has 0 fully saturated rings. The van der Waals surface area contributed by atoms with Gasteiger partial charge in [0.25, 0.3) is 0 Å². The van der Waals surface area contributed by atoms with Gasteiger partial charge in [0, 0.05) is 29.5 Å². The Labute approximate surface area is 102 Å². The van der Waals surface area contributed by atoms with E-state index >= 15 is 0 Å². The molecular weight excluding hydrogens is 216 g/mol. The lowest BCUT2D eigenvalue weighted by Gasteiger charge is -2.13. The number of terminal acetylenes is 1. The molecule has 16 heavy (non-hydrogen) atoms. The number of rotatable bonds is 5. The first kappa shape index (κ1) is 13.2. The van der Waals surface area contributed by atoms with Crippen LogP contribution in [0.25, 0.3) is 0 Å². The number of aromatic nitrogens is 1. The molecule has 3 heteroatoms. The molecule has 0 saturated carbocycles. The van der Waals surface area contributed by atoms with Gasteiger partial charge >= 0.3 is 0 Å². The quantitative estimate of drug-likeness (QED) is 0.628. The predicted molar refractivity (Wildman–Crippen MR) is 70.6 cm³/mol. The zero-order valence-corrected chi connectivity index (χ0v) is 11.2. The molecular formula is C13H20N2S. The van der Waals surface area contributed by atoms with E-state index in [0.29, 0.717) is 0 Å². The van der Waals surface area contributed by atoms with Gasteiger partial charge in [-0.1, -0.05) is 20.8 Å². The Kier molecular flexibility index (Phi) is 4.98. The summed E-state index contributed by atoms with van der Waals surface area (Å²) in [5, 5.41) is 4.58. The number of nitrogens with one attached hydrogen (secondary N) is 1. The van der Waals surface area contributed by atoms with Crippen LogP contribution in [-0.4, -0.2) is 11.5 Å². The van der Waals surface area contributed by atoms with Gasteiger partial charge in [-0.05, 0) is 13.0 Å². The number of hydrogen-bond acceptors (Lipinski definition) is 3. The van der Waals surface area contributed by atoms with Gasteiger partial charge in [-0.15, -0.1) is 23.7 Å². The third kappa shape index (κ3) is 4.34. The van der Waals surface area contributed by atoms with E-state index in [1.54, 1.807) is 11.3 Å². The normalized spacial score (nSPS) is 11.4. The van der Waals surface area contributed by atoms with Crippen LogP contribution in [0.1, 0.15) is 43.5 Å². The van der Waals surface area contributed by atoms with Crippen molar-refractivity contribution in [2.75, 3.05) is 6.54 Å². The minimum absolute atomic E-state index is 0.159. The summed E-state index contributed by atoms with van der Waals surface area (Å²) < 4.78 is 0. The van der Waals surface area contributed by atoms with Crippen LogP contribution in [0.3, 0.4) is 0 Å². The van der Waals surface area contributed by atoms with Crippen molar-refractivity contribution in [1.82, 2.24) is 10.3 Å². The standard InChI is InChI=1S/C13H20N2S/c1-5-6-7-8-14-9-11-10-15-12(16-11)13(2,3)4/h1,10,14H,6-9H2,2-4H3. The largest absolute Gasteiger partial charge is 0.312 e. The highest BCUT2D eigenvalue weighted by Crippen LogP contribution is 2.26. The summed E-state index contributed by atoms with van der Waals surface area (Å²) >= 11 is 1.79. The summed E-state index contributed by atoms with van der Waals surface area (Å²) in [7, 11) is 0. The molecule has 1 N–H and O–H groups in total. The van der Waals surface area contributed by atoms with Crippen LogP contribution in [0, 0.1) is 12.3 Å². The molecule has 0 amide bonds. The fourth-order valence-electron chi connectivity index (χ4n) is 1.26. The predicted octanol–water partition coefficient (Wildman–Crippen LogP) is 2.94. The Balaban J connectivity index is 2.33. The van der Waals surface area contributed by atoms with Crippen molar-refractivity contribution in [1.29, 1.82) is 0 Å². The van der Waals surface area contributed by atoms with Gasteiger partial charge in [0.15, 0.2) is 0 Å². The molecule has 1 aromatic heterocycles. The average Bonchev–Trinajstić information content (AvgIpc) is 2.65. The molecule has 0 aliphatic heterocycles. The molecule has 0 saturated heterocycles. The van der Waals surface area contributed by atoms with E-state index in [-0.39, 0.29) is 5.41 Å². The number of thiazole rings is 1. The first-order chi connectivity index (χ1) is 7.54. The van der Waals surface area contributed by atoms with Crippen LogP contribution in [0.5, 0.6) is 0 Å². The van der Waals surface area contributed by atoms with E-state index in [0.717, 1.165) is 25.9 Å². The van der Waals surface area contributed by atoms with Crippen LogP contribution >= 0.6 is 11.3 Å². The van der Waals surface area contributed by atoms with Crippen molar-refractivity contribution >= 4 is 11.3 Å². The Bertz CT molecular complexity index is 355. The molecule has 0 aliphatic carbocycles. The monoisotopic (exact) mass is 236 g/mol. The molecule has 0 radical (unpaired) electrons. The lowest BCUT2D eigenvalue weighted by molar-refractivity contribution is 0.585. The van der Waals surface area contributed by atoms with Gasteiger partial charge in [-0.3, -0.25) is 0 Å². The number of hydrogen-bond donors (Lipinski definition) is 1. The van der Waals surface area contributed by atoms with Crippen LogP contribution in [0.15, 0.2) is 6.20 Å². The molecule has 1 rings (SSSR count). The van der Waals surface area contributed by atoms with Crippen molar-refractivity contribution in [3.63, 3.8) is 0 Å². The zero-order chi connectivity index (χ0) is 12.0. The maximum atomic E-state index is 5.19. The van der Waals surface area contributed by atoms with E-state index in [9.17, 15) is 0 Å². The minimum Gasteiger partial charge on any atom is -0.312 e. The number of nitrogens with zero attached hydrogens (tertiary/aromatic N) is 1. The molecule has 0 aliphatic rings. The van der Waals surface area contributed by atoms with E-state index in [2.05, 4.69) is 37.0 Å². The van der Waals surface area contributed by atoms with Gasteiger partial charge < -0.3 is 5.32 Å². The molecule has 0 unspecified atom stereocenters. The smallest absolute Gasteiger partial charge is 0.0981 e. The topological polar surface area (TPSA) is 24.9 Å². The van der Waals surface area contributed by atoms with Crippen LogP contribution in [0.4, 0.5) is 0 Å². The van der Waals surface area contributed by atoms with Gasteiger partial charge in [0.1, 0.15) is 0 Å². The fraction of sp³-hybridized carbons (Fsp3) is 0.615. The summed E-state index contributed by atoms with van der Waals surface area (Å²) in [5.41, 5.74) is 0.159. The van der Waals surface area contributed by atoms with Crippen molar-refractivity contribution in [2.45, 2.75) is 45.6 Å². The minimum atomic E-state index is 0.159. The Morgan fingerprint density at radius 3 is 2.81 bits per heavy atom. The molecule has 0 bridgehead atoms. The highest BCUT2D eigenvalue weighted by atomic mass is 32.1. The van der Waals surface area contributed by atoms with Crippen molar-refractivity contribution in [2.24, 2.45) is 0 Å². The second kappa shape index (κ2) is 6.03. The van der Waals surface area contributed by atoms with Crippen LogP contribution in [0.2, 0.25) is 0 Å². The highest BCUT2D eigenvalue weighted by molar-refractivity contribution is 7.11. The zero-order valence-electron chi connectivity index (χ0n) is 10.3. The van der Waals surface area contributed by atoms with Gasteiger partial charge in [0.2, 0.25) is 0 Å². The number of unbranched alkanes of at least 4 members (excludes halogenated alkanes) is 1. The molecule has 0 atom stereocenters. The van der Waals surface area contributed by atoms with Gasteiger partial charge in [-0.25, -0.2) is 4.98 Å². The first-order valence-electron chi connectivity index (χ1n) is 5.63. The van der Waals surface area contributed by atoms with Gasteiger partial charge in [-0.2, -0.15) is 0 Å². The molecule has 88 valence electrons. The van der Waals surface area contributed by atoms with E-state index < -0.39 is 0 Å². The lowest BCUT2D eigenvalue weighted by atomic mass is 9.98. The first-order valence-corrected chi connectivity index (χ1v) is 6.45. The fourth-order valence-corrected chi connectivity index (χ4v) is 2.20. The average molecular weight is 236 g/mol. The molecule has 1 heterocycles. The summed E-state index contributed by atoms with van der Waals surface area (Å²) in [4.78, 5) is 5.75. The van der Waals surface area contributed by atoms with Crippen LogP contribution in [-0.2, 0) is 12.0 Å². The summed E-state index contributed by atoms with van der Waals surface area (Å²) in [5.74, 6) is 2.64. The second-order valence-corrected chi connectivity index (χ2v) is 5.98. The third-order valence-corrected chi connectivity index (χ3v) is 3.59. The molecule has 0 spiro atoms. The third-order valence-electron chi connectivity index (χ3n) is 2.17. The van der Waals surface area contributed by atoms with Crippen molar-refractivity contribution in [3.05, 3.63) is 16.1 Å². The van der Waals surface area contributed by atoms with Gasteiger partial charge in [0.05, 0.1) is 5.01 Å². The van der Waals surface area contributed by atoms with E-state index in [4.69, 9.17) is 6.42 Å². The Morgan fingerprint density at radius 1 is 1.50 bits per heavy atom. The summed E-state index contributed by atoms with van der Waals surface area (Å²) in [6, 6.07) is 0. The maximum absolute atomic E-state index is 5.19. The van der Waals surface area contributed by atoms with E-state index in [1.165, 1.54) is 9.88 Å². The summed E-state index contributed by atoms with van der Waals surface area (Å²) in [6.45, 7) is 8.45. The van der Waals surface area contributed by atoms with Crippen molar-refractivity contribution < 1.29 is 0 Å². The molecule has 2 nitrogen and oxygen atoms in total. The second-order valence-electron chi connectivity index (χ2n) is 4.87. The Morgan fingerprint density at radius 2 is 2.25 bits per heavy atom. The van der Waals surface area contributed by atoms with E-state index in [1.807, 2.05) is 6.20 Å². The molecule has 1 aromatic rings. The molecule has 0 aromatic carbocycles. The lowest BCUT2D eigenvalue weighted by Crippen LogP contribution is -2.13. The highest BCUT2D eigenvalue weighted by Gasteiger charge is 2.17. The van der Waals surface area contributed by atoms with Crippen LogP contribution < -0.4 is 5.32 Å². The Hall–Kier alpha value is -0.850. The van der Waals surface area contributed by atoms with Crippen molar-refractivity contribution in [3.8, 4) is 12.3 Å².